The molecule has 0 radical (unpaired) electrons. The fourth-order valence-electron chi connectivity index (χ4n) is 2.24. The highest BCUT2D eigenvalue weighted by Gasteiger charge is 2.36. The van der Waals surface area contributed by atoms with Gasteiger partial charge in [-0.25, -0.2) is 14.8 Å². The average Bonchev–Trinajstić information content (AvgIpc) is 3.39. The van der Waals surface area contributed by atoms with Crippen LogP contribution in [0.25, 0.3) is 0 Å². The number of rotatable bonds is 5. The molecule has 2 heterocycles. The van der Waals surface area contributed by atoms with Crippen LogP contribution in [0.3, 0.4) is 0 Å². The maximum absolute atomic E-state index is 11.0. The highest BCUT2D eigenvalue weighted by molar-refractivity contribution is 7.99. The lowest BCUT2D eigenvalue weighted by Gasteiger charge is -2.07. The molecule has 0 atom stereocenters. The molecule has 2 fully saturated rings. The Morgan fingerprint density at radius 1 is 1.29 bits per heavy atom. The third kappa shape index (κ3) is 2.51. The Bertz CT molecular complexity index is 708. The number of carboxylic acid groups (broad SMARTS) is 1. The van der Waals surface area contributed by atoms with Gasteiger partial charge in [0.2, 0.25) is 0 Å². The second-order valence-electron chi connectivity index (χ2n) is 5.35. The molecule has 8 heteroatoms. The molecule has 0 bridgehead atoms. The predicted octanol–water partition coefficient (Wildman–Crippen LogP) is 2.13. The van der Waals surface area contributed by atoms with Crippen LogP contribution < -0.4 is 0 Å². The Hall–Kier alpha value is -1.96. The van der Waals surface area contributed by atoms with Gasteiger partial charge in [-0.05, 0) is 43.5 Å². The van der Waals surface area contributed by atoms with E-state index >= 15 is 0 Å². The zero-order valence-electron chi connectivity index (χ0n) is 11.1. The molecule has 0 spiro atoms. The summed E-state index contributed by atoms with van der Waals surface area (Å²) in [5.41, 5.74) is -0.00703. The molecule has 2 aromatic rings. The van der Waals surface area contributed by atoms with Crippen molar-refractivity contribution in [2.24, 2.45) is 0 Å². The summed E-state index contributed by atoms with van der Waals surface area (Å²) < 4.78 is 2.19. The van der Waals surface area contributed by atoms with Gasteiger partial charge >= 0.3 is 5.97 Å². The number of nitrogens with zero attached hydrogens (tertiary/aromatic N) is 5. The number of carboxylic acids is 1. The SMILES string of the molecule is O=C(O)c1ccnc(Sc2nnc(C3CC3)n2C2CC2)n1. The monoisotopic (exact) mass is 303 g/mol. The van der Waals surface area contributed by atoms with Gasteiger partial charge in [0.05, 0.1) is 0 Å². The average molecular weight is 303 g/mol. The van der Waals surface area contributed by atoms with Crippen LogP contribution in [0, 0.1) is 0 Å². The minimum absolute atomic E-state index is 0.00703. The molecule has 0 aromatic carbocycles. The highest BCUT2D eigenvalue weighted by atomic mass is 32.2. The minimum Gasteiger partial charge on any atom is -0.477 e. The molecule has 108 valence electrons. The van der Waals surface area contributed by atoms with E-state index in [1.54, 1.807) is 0 Å². The number of hydrogen-bond acceptors (Lipinski definition) is 6. The molecule has 0 amide bonds. The summed E-state index contributed by atoms with van der Waals surface area (Å²) >= 11 is 1.28. The Labute approximate surface area is 124 Å². The second kappa shape index (κ2) is 4.80. The zero-order chi connectivity index (χ0) is 14.4. The van der Waals surface area contributed by atoms with E-state index in [0.717, 1.165) is 23.8 Å². The largest absolute Gasteiger partial charge is 0.477 e. The molecule has 2 aliphatic rings. The number of hydrogen-bond donors (Lipinski definition) is 1. The smallest absolute Gasteiger partial charge is 0.354 e. The van der Waals surface area contributed by atoms with E-state index in [2.05, 4.69) is 24.7 Å². The molecule has 2 aliphatic carbocycles. The van der Waals surface area contributed by atoms with Gasteiger partial charge in [0.1, 0.15) is 5.82 Å². The van der Waals surface area contributed by atoms with E-state index in [0.29, 0.717) is 17.1 Å². The Morgan fingerprint density at radius 3 is 2.76 bits per heavy atom. The molecule has 2 saturated carbocycles. The van der Waals surface area contributed by atoms with Crippen LogP contribution in [-0.4, -0.2) is 35.8 Å². The van der Waals surface area contributed by atoms with Crippen molar-refractivity contribution in [3.8, 4) is 0 Å². The summed E-state index contributed by atoms with van der Waals surface area (Å²) in [5.74, 6) is 0.551. The quantitative estimate of drug-likeness (QED) is 0.845. The number of aromatic nitrogens is 5. The molecule has 0 saturated heterocycles. The lowest BCUT2D eigenvalue weighted by atomic mass is 10.4. The molecule has 1 N–H and O–H groups in total. The van der Waals surface area contributed by atoms with E-state index < -0.39 is 5.97 Å². The predicted molar refractivity (Wildman–Crippen MR) is 73.4 cm³/mol. The van der Waals surface area contributed by atoms with Crippen molar-refractivity contribution in [2.45, 2.75) is 48.0 Å². The summed E-state index contributed by atoms with van der Waals surface area (Å²) in [6, 6.07) is 1.87. The molecule has 4 rings (SSSR count). The molecule has 21 heavy (non-hydrogen) atoms. The normalized spacial score (nSPS) is 17.9. The topological polar surface area (TPSA) is 93.8 Å². The van der Waals surface area contributed by atoms with Crippen molar-refractivity contribution in [3.05, 3.63) is 23.8 Å². The summed E-state index contributed by atoms with van der Waals surface area (Å²) in [6.45, 7) is 0. The van der Waals surface area contributed by atoms with Gasteiger partial charge < -0.3 is 9.67 Å². The van der Waals surface area contributed by atoms with Crippen molar-refractivity contribution in [1.29, 1.82) is 0 Å². The van der Waals surface area contributed by atoms with Crippen LogP contribution in [0.5, 0.6) is 0 Å². The maximum atomic E-state index is 11.0. The van der Waals surface area contributed by atoms with Crippen molar-refractivity contribution in [1.82, 2.24) is 24.7 Å². The van der Waals surface area contributed by atoms with Crippen LogP contribution in [0.1, 0.15) is 54.0 Å². The van der Waals surface area contributed by atoms with Crippen LogP contribution >= 0.6 is 11.8 Å². The van der Waals surface area contributed by atoms with Crippen LogP contribution in [0.4, 0.5) is 0 Å². The first-order valence-electron chi connectivity index (χ1n) is 6.91. The van der Waals surface area contributed by atoms with Crippen LogP contribution in [0.15, 0.2) is 22.6 Å². The van der Waals surface area contributed by atoms with Gasteiger partial charge in [0.25, 0.3) is 0 Å². The third-order valence-corrected chi connectivity index (χ3v) is 4.42. The van der Waals surface area contributed by atoms with Crippen LogP contribution in [0.2, 0.25) is 0 Å². The third-order valence-electron chi connectivity index (χ3n) is 3.58. The molecular formula is C13H13N5O2S. The fourth-order valence-corrected chi connectivity index (χ4v) is 3.09. The summed E-state index contributed by atoms with van der Waals surface area (Å²) in [6.07, 6.45) is 6.13. The first-order valence-corrected chi connectivity index (χ1v) is 7.73. The Balaban J connectivity index is 1.65. The number of carbonyl (C=O) groups is 1. The zero-order valence-corrected chi connectivity index (χ0v) is 12.0. The summed E-state index contributed by atoms with van der Waals surface area (Å²) in [7, 11) is 0. The van der Waals surface area contributed by atoms with Gasteiger partial charge in [-0.3, -0.25) is 0 Å². The fraction of sp³-hybridized carbons (Fsp3) is 0.462. The highest BCUT2D eigenvalue weighted by Crippen LogP contribution is 2.46. The van der Waals surface area contributed by atoms with E-state index in [1.807, 2.05) is 0 Å². The minimum atomic E-state index is -1.05. The van der Waals surface area contributed by atoms with Crippen molar-refractivity contribution >= 4 is 17.7 Å². The molecule has 7 nitrogen and oxygen atoms in total. The molecule has 2 aromatic heterocycles. The van der Waals surface area contributed by atoms with Gasteiger partial charge in [-0.1, -0.05) is 0 Å². The number of aromatic carboxylic acids is 1. The van der Waals surface area contributed by atoms with E-state index in [4.69, 9.17) is 5.11 Å². The Kier molecular flexibility index (Phi) is 2.91. The van der Waals surface area contributed by atoms with E-state index in [9.17, 15) is 4.79 Å². The summed E-state index contributed by atoms with van der Waals surface area (Å²) in [4.78, 5) is 19.1. The van der Waals surface area contributed by atoms with E-state index in [-0.39, 0.29) is 5.69 Å². The first-order chi connectivity index (χ1) is 10.2. The van der Waals surface area contributed by atoms with E-state index in [1.165, 1.54) is 36.9 Å². The lowest BCUT2D eigenvalue weighted by molar-refractivity contribution is 0.0689. The first kappa shape index (κ1) is 12.8. The van der Waals surface area contributed by atoms with Crippen molar-refractivity contribution in [3.63, 3.8) is 0 Å². The van der Waals surface area contributed by atoms with Gasteiger partial charge in [-0.2, -0.15) is 0 Å². The van der Waals surface area contributed by atoms with Crippen molar-refractivity contribution in [2.75, 3.05) is 0 Å². The van der Waals surface area contributed by atoms with Crippen LogP contribution in [-0.2, 0) is 0 Å². The van der Waals surface area contributed by atoms with Gasteiger partial charge in [-0.15, -0.1) is 10.2 Å². The maximum Gasteiger partial charge on any atom is 0.354 e. The molecular weight excluding hydrogens is 290 g/mol. The second-order valence-corrected chi connectivity index (χ2v) is 6.28. The summed E-state index contributed by atoms with van der Waals surface area (Å²) in [5, 5.41) is 18.7. The lowest BCUT2D eigenvalue weighted by Crippen LogP contribution is -2.04. The molecule has 0 unspecified atom stereocenters. The van der Waals surface area contributed by atoms with Gasteiger partial charge in [0.15, 0.2) is 16.0 Å². The van der Waals surface area contributed by atoms with Gasteiger partial charge in [0, 0.05) is 18.2 Å². The standard InChI is InChI=1S/C13H13N5O2S/c19-11(20)9-5-6-14-12(15-9)21-13-17-16-10(7-1-2-7)18(13)8-3-4-8/h5-8H,1-4H2,(H,19,20). The van der Waals surface area contributed by atoms with Crippen molar-refractivity contribution < 1.29 is 9.90 Å². The molecule has 0 aliphatic heterocycles. The Morgan fingerprint density at radius 2 is 2.10 bits per heavy atom.